The van der Waals surface area contributed by atoms with E-state index in [4.69, 9.17) is 4.74 Å². The summed E-state index contributed by atoms with van der Waals surface area (Å²) in [6.45, 7) is 1.16. The molecule has 0 atom stereocenters. The molecule has 1 N–H and O–H groups in total. The molecule has 6 nitrogen and oxygen atoms in total. The maximum Gasteiger partial charge on any atom is 0.235 e. The van der Waals surface area contributed by atoms with E-state index in [9.17, 15) is 4.79 Å². The van der Waals surface area contributed by atoms with Gasteiger partial charge in [0.25, 0.3) is 0 Å². The van der Waals surface area contributed by atoms with Crippen molar-refractivity contribution in [2.75, 3.05) is 18.5 Å². The summed E-state index contributed by atoms with van der Waals surface area (Å²) in [6, 6.07) is 15.6. The van der Waals surface area contributed by atoms with Crippen LogP contribution in [-0.4, -0.2) is 33.9 Å². The van der Waals surface area contributed by atoms with Gasteiger partial charge in [-0.3, -0.25) is 4.79 Å². The van der Waals surface area contributed by atoms with Gasteiger partial charge in [0.1, 0.15) is 12.7 Å². The predicted octanol–water partition coefficient (Wildman–Crippen LogP) is 3.72. The van der Waals surface area contributed by atoms with Gasteiger partial charge in [-0.25, -0.2) is 9.67 Å². The molecule has 0 bridgehead atoms. The minimum absolute atomic E-state index is 0.00151. The van der Waals surface area contributed by atoms with Gasteiger partial charge in [0, 0.05) is 23.4 Å². The molecule has 1 amide bonds. The average molecular weight is 427 g/mol. The molecule has 1 saturated heterocycles. The van der Waals surface area contributed by atoms with Crippen molar-refractivity contribution in [2.45, 2.75) is 18.3 Å². The minimum Gasteiger partial charge on any atom is -0.381 e. The Hall–Kier alpha value is -2.51. The molecular weight excluding hydrogens is 408 g/mol. The summed E-state index contributed by atoms with van der Waals surface area (Å²) in [5.74, 6) is 0.00151. The lowest BCUT2D eigenvalue weighted by Crippen LogP contribution is -2.44. The standard InChI is InChI=1S/C20H19BrN4O2/c21-16-3-1-15(2-4-16)20(9-11-27-12-10-20)19(26)24-17-5-7-18(8-6-17)25-14-22-13-23-25/h1-8,13-14H,9-12H2,(H,24,26). The second kappa shape index (κ2) is 7.62. The van der Waals surface area contributed by atoms with Crippen molar-refractivity contribution in [2.24, 2.45) is 0 Å². The Morgan fingerprint density at radius 2 is 1.78 bits per heavy atom. The first-order valence-electron chi connectivity index (χ1n) is 8.78. The Morgan fingerprint density at radius 1 is 1.07 bits per heavy atom. The van der Waals surface area contributed by atoms with Gasteiger partial charge in [-0.1, -0.05) is 28.1 Å². The van der Waals surface area contributed by atoms with E-state index in [2.05, 4.69) is 31.3 Å². The zero-order valence-electron chi connectivity index (χ0n) is 14.6. The summed E-state index contributed by atoms with van der Waals surface area (Å²) in [4.78, 5) is 17.2. The fourth-order valence-corrected chi connectivity index (χ4v) is 3.69. The first-order valence-corrected chi connectivity index (χ1v) is 9.57. The third-order valence-corrected chi connectivity index (χ3v) is 5.51. The molecule has 7 heteroatoms. The van der Waals surface area contributed by atoms with Gasteiger partial charge in [0.15, 0.2) is 0 Å². The highest BCUT2D eigenvalue weighted by Gasteiger charge is 2.41. The Balaban J connectivity index is 1.58. The highest BCUT2D eigenvalue weighted by atomic mass is 79.9. The number of hydrogen-bond donors (Lipinski definition) is 1. The van der Waals surface area contributed by atoms with Gasteiger partial charge in [-0.2, -0.15) is 5.10 Å². The molecule has 0 saturated carbocycles. The number of carbonyl (C=O) groups excluding carboxylic acids is 1. The topological polar surface area (TPSA) is 69.0 Å². The van der Waals surface area contributed by atoms with Gasteiger partial charge in [-0.05, 0) is 54.8 Å². The number of nitrogens with zero attached hydrogens (tertiary/aromatic N) is 3. The molecule has 0 aliphatic carbocycles. The number of benzene rings is 2. The lowest BCUT2D eigenvalue weighted by atomic mass is 9.73. The highest BCUT2D eigenvalue weighted by molar-refractivity contribution is 9.10. The van der Waals surface area contributed by atoms with Crippen LogP contribution in [-0.2, 0) is 14.9 Å². The fraction of sp³-hybridized carbons (Fsp3) is 0.250. The van der Waals surface area contributed by atoms with Crippen molar-refractivity contribution in [1.82, 2.24) is 14.8 Å². The molecule has 0 spiro atoms. The van der Waals surface area contributed by atoms with Crippen LogP contribution in [0.1, 0.15) is 18.4 Å². The van der Waals surface area contributed by atoms with Crippen molar-refractivity contribution in [1.29, 1.82) is 0 Å². The summed E-state index contributed by atoms with van der Waals surface area (Å²) in [5, 5.41) is 7.20. The molecule has 2 heterocycles. The van der Waals surface area contributed by atoms with E-state index in [0.29, 0.717) is 26.1 Å². The van der Waals surface area contributed by atoms with E-state index in [1.807, 2.05) is 48.5 Å². The number of aromatic nitrogens is 3. The number of hydrogen-bond acceptors (Lipinski definition) is 4. The molecule has 138 valence electrons. The zero-order chi connectivity index (χ0) is 18.7. The van der Waals surface area contributed by atoms with Crippen LogP contribution in [0.25, 0.3) is 5.69 Å². The van der Waals surface area contributed by atoms with Gasteiger partial charge in [-0.15, -0.1) is 0 Å². The number of ether oxygens (including phenoxy) is 1. The van der Waals surface area contributed by atoms with Crippen molar-refractivity contribution in [3.63, 3.8) is 0 Å². The van der Waals surface area contributed by atoms with Crippen LogP contribution in [0.2, 0.25) is 0 Å². The molecule has 3 aromatic rings. The SMILES string of the molecule is O=C(Nc1ccc(-n2cncn2)cc1)C1(c2ccc(Br)cc2)CCOCC1. The quantitative estimate of drug-likeness (QED) is 0.689. The molecule has 1 aromatic heterocycles. The van der Waals surface area contributed by atoms with Crippen LogP contribution in [0, 0.1) is 0 Å². The van der Waals surface area contributed by atoms with E-state index < -0.39 is 5.41 Å². The first kappa shape index (κ1) is 17.9. The molecule has 1 aliphatic heterocycles. The maximum absolute atomic E-state index is 13.3. The van der Waals surface area contributed by atoms with Crippen molar-refractivity contribution in [3.05, 3.63) is 71.2 Å². The van der Waals surface area contributed by atoms with Gasteiger partial charge in [0.2, 0.25) is 5.91 Å². The normalized spacial score (nSPS) is 16.0. The number of anilines is 1. The summed E-state index contributed by atoms with van der Waals surface area (Å²) in [5.41, 5.74) is 2.08. The lowest BCUT2D eigenvalue weighted by molar-refractivity contribution is -0.125. The fourth-order valence-electron chi connectivity index (χ4n) is 3.43. The third kappa shape index (κ3) is 3.65. The Kier molecular flexibility index (Phi) is 5.05. The second-order valence-corrected chi connectivity index (χ2v) is 7.46. The Labute approximate surface area is 165 Å². The highest BCUT2D eigenvalue weighted by Crippen LogP contribution is 2.36. The maximum atomic E-state index is 13.3. The van der Waals surface area contributed by atoms with Crippen molar-refractivity contribution >= 4 is 27.5 Å². The summed E-state index contributed by atoms with van der Waals surface area (Å²) >= 11 is 3.46. The third-order valence-electron chi connectivity index (χ3n) is 4.99. The second-order valence-electron chi connectivity index (χ2n) is 6.54. The van der Waals surface area contributed by atoms with Crippen LogP contribution < -0.4 is 5.32 Å². The van der Waals surface area contributed by atoms with Crippen molar-refractivity contribution < 1.29 is 9.53 Å². The Bertz CT molecular complexity index is 902. The van der Waals surface area contributed by atoms with Crippen LogP contribution in [0.15, 0.2) is 65.7 Å². The Morgan fingerprint density at radius 3 is 2.41 bits per heavy atom. The van der Waals surface area contributed by atoms with Crippen LogP contribution >= 0.6 is 15.9 Å². The lowest BCUT2D eigenvalue weighted by Gasteiger charge is -2.36. The van der Waals surface area contributed by atoms with Crippen molar-refractivity contribution in [3.8, 4) is 5.69 Å². The predicted molar refractivity (Wildman–Crippen MR) is 106 cm³/mol. The molecule has 1 fully saturated rings. The number of nitrogens with one attached hydrogen (secondary N) is 1. The summed E-state index contributed by atoms with van der Waals surface area (Å²) in [6.07, 6.45) is 4.45. The molecule has 1 aliphatic rings. The molecule has 2 aromatic carbocycles. The van der Waals surface area contributed by atoms with Crippen LogP contribution in [0.3, 0.4) is 0 Å². The minimum atomic E-state index is -0.580. The first-order chi connectivity index (χ1) is 13.2. The summed E-state index contributed by atoms with van der Waals surface area (Å²) in [7, 11) is 0. The molecule has 0 unspecified atom stereocenters. The molecular formula is C20H19BrN4O2. The van der Waals surface area contributed by atoms with E-state index >= 15 is 0 Å². The number of rotatable bonds is 4. The van der Waals surface area contributed by atoms with Crippen LogP contribution in [0.4, 0.5) is 5.69 Å². The summed E-state index contributed by atoms with van der Waals surface area (Å²) < 4.78 is 8.19. The zero-order valence-corrected chi connectivity index (χ0v) is 16.2. The monoisotopic (exact) mass is 426 g/mol. The largest absolute Gasteiger partial charge is 0.381 e. The average Bonchev–Trinajstić information content (AvgIpc) is 3.24. The van der Waals surface area contributed by atoms with Crippen LogP contribution in [0.5, 0.6) is 0 Å². The van der Waals surface area contributed by atoms with E-state index in [0.717, 1.165) is 21.4 Å². The number of amides is 1. The van der Waals surface area contributed by atoms with E-state index in [1.165, 1.54) is 6.33 Å². The molecule has 27 heavy (non-hydrogen) atoms. The number of carbonyl (C=O) groups is 1. The van der Waals surface area contributed by atoms with E-state index in [-0.39, 0.29) is 5.91 Å². The number of halogens is 1. The molecule has 0 radical (unpaired) electrons. The van der Waals surface area contributed by atoms with Gasteiger partial charge >= 0.3 is 0 Å². The van der Waals surface area contributed by atoms with Gasteiger partial charge < -0.3 is 10.1 Å². The van der Waals surface area contributed by atoms with E-state index in [1.54, 1.807) is 11.0 Å². The molecule has 4 rings (SSSR count). The van der Waals surface area contributed by atoms with Gasteiger partial charge in [0.05, 0.1) is 11.1 Å². The smallest absolute Gasteiger partial charge is 0.235 e.